The second-order valence-electron chi connectivity index (χ2n) is 4.67. The zero-order chi connectivity index (χ0) is 13.1. The van der Waals surface area contributed by atoms with Crippen molar-refractivity contribution in [1.82, 2.24) is 0 Å². The summed E-state index contributed by atoms with van der Waals surface area (Å²) >= 11 is 0. The number of phenolic OH excluding ortho intramolecular Hbond substituents is 1. The maximum Gasteiger partial charge on any atom is 0.412 e. The zero-order valence-electron chi connectivity index (χ0n) is 10.3. The molecule has 0 aliphatic heterocycles. The first-order chi connectivity index (χ1) is 7.81. The largest absolute Gasteiger partial charge is 0.508 e. The lowest BCUT2D eigenvalue weighted by atomic mass is 10.1. The minimum Gasteiger partial charge on any atom is -0.508 e. The van der Waals surface area contributed by atoms with Gasteiger partial charge in [-0.2, -0.15) is 0 Å². The van der Waals surface area contributed by atoms with Crippen LogP contribution in [0, 0.1) is 0 Å². The van der Waals surface area contributed by atoms with Crippen LogP contribution in [0.2, 0.25) is 0 Å². The zero-order valence-corrected chi connectivity index (χ0v) is 10.3. The topological polar surface area (TPSA) is 84.6 Å². The van der Waals surface area contributed by atoms with Gasteiger partial charge < -0.3 is 15.6 Å². The number of hydrogen-bond donors (Lipinski definition) is 3. The molecule has 0 spiro atoms. The van der Waals surface area contributed by atoms with Crippen LogP contribution >= 0.6 is 0 Å². The van der Waals surface area contributed by atoms with Crippen LogP contribution in [0.25, 0.3) is 0 Å². The first-order valence-electron chi connectivity index (χ1n) is 5.34. The molecule has 0 bridgehead atoms. The molecular formula is C12H18N2O3. The van der Waals surface area contributed by atoms with Crippen molar-refractivity contribution < 1.29 is 14.6 Å². The van der Waals surface area contributed by atoms with Crippen LogP contribution in [0.3, 0.4) is 0 Å². The maximum absolute atomic E-state index is 11.6. The fraction of sp³-hybridized carbons (Fsp3) is 0.417. The van der Waals surface area contributed by atoms with Gasteiger partial charge in [0, 0.05) is 12.6 Å². The summed E-state index contributed by atoms with van der Waals surface area (Å²) in [5.74, 6) is 0.0632. The van der Waals surface area contributed by atoms with E-state index >= 15 is 0 Å². The van der Waals surface area contributed by atoms with Gasteiger partial charge in [-0.05, 0) is 32.4 Å². The van der Waals surface area contributed by atoms with Gasteiger partial charge in [-0.3, -0.25) is 5.32 Å². The van der Waals surface area contributed by atoms with E-state index in [9.17, 15) is 9.90 Å². The molecule has 0 fully saturated rings. The van der Waals surface area contributed by atoms with Gasteiger partial charge in [-0.1, -0.05) is 6.07 Å². The number of nitrogens with one attached hydrogen (secondary N) is 1. The first-order valence-corrected chi connectivity index (χ1v) is 5.34. The fourth-order valence-electron chi connectivity index (χ4n) is 1.27. The minimum atomic E-state index is -0.571. The average molecular weight is 238 g/mol. The van der Waals surface area contributed by atoms with Gasteiger partial charge in [-0.25, -0.2) is 4.79 Å². The summed E-state index contributed by atoms with van der Waals surface area (Å²) in [4.78, 5) is 11.6. The molecule has 5 nitrogen and oxygen atoms in total. The van der Waals surface area contributed by atoms with Gasteiger partial charge >= 0.3 is 6.09 Å². The lowest BCUT2D eigenvalue weighted by molar-refractivity contribution is 0.0636. The highest BCUT2D eigenvalue weighted by Crippen LogP contribution is 2.22. The molecule has 0 atom stereocenters. The summed E-state index contributed by atoms with van der Waals surface area (Å²) in [7, 11) is 0. The molecule has 4 N–H and O–H groups in total. The van der Waals surface area contributed by atoms with Gasteiger partial charge in [0.2, 0.25) is 0 Å². The highest BCUT2D eigenvalue weighted by Gasteiger charge is 2.17. The van der Waals surface area contributed by atoms with Gasteiger partial charge in [-0.15, -0.1) is 0 Å². The van der Waals surface area contributed by atoms with Crippen molar-refractivity contribution in [3.8, 4) is 5.75 Å². The molecule has 0 saturated heterocycles. The summed E-state index contributed by atoms with van der Waals surface area (Å²) in [5, 5.41) is 11.9. The minimum absolute atomic E-state index is 0.0632. The second kappa shape index (κ2) is 5.05. The summed E-state index contributed by atoms with van der Waals surface area (Å²) in [6, 6.07) is 4.61. The smallest absolute Gasteiger partial charge is 0.412 e. The predicted molar refractivity (Wildman–Crippen MR) is 65.9 cm³/mol. The number of benzene rings is 1. The third kappa shape index (κ3) is 4.32. The van der Waals surface area contributed by atoms with Crippen LogP contribution in [0.1, 0.15) is 26.3 Å². The molecule has 0 heterocycles. The Morgan fingerprint density at radius 1 is 1.47 bits per heavy atom. The van der Waals surface area contributed by atoms with E-state index in [1.807, 2.05) is 0 Å². The second-order valence-corrected chi connectivity index (χ2v) is 4.67. The lowest BCUT2D eigenvalue weighted by Crippen LogP contribution is -2.27. The van der Waals surface area contributed by atoms with Crippen molar-refractivity contribution in [2.24, 2.45) is 5.73 Å². The van der Waals surface area contributed by atoms with E-state index in [1.54, 1.807) is 26.8 Å². The predicted octanol–water partition coefficient (Wildman–Crippen LogP) is 2.20. The average Bonchev–Trinajstić information content (AvgIpc) is 2.14. The number of carbonyl (C=O) groups is 1. The molecule has 0 saturated carbocycles. The molecule has 0 aromatic heterocycles. The molecule has 0 unspecified atom stereocenters. The van der Waals surface area contributed by atoms with Gasteiger partial charge in [0.05, 0.1) is 5.69 Å². The summed E-state index contributed by atoms with van der Waals surface area (Å²) in [5.41, 5.74) is 6.15. The number of ether oxygens (including phenoxy) is 1. The molecule has 0 aliphatic carbocycles. The normalized spacial score (nSPS) is 11.1. The van der Waals surface area contributed by atoms with Crippen LogP contribution in [0.4, 0.5) is 10.5 Å². The van der Waals surface area contributed by atoms with Crippen molar-refractivity contribution in [3.63, 3.8) is 0 Å². The van der Waals surface area contributed by atoms with E-state index in [0.717, 1.165) is 5.56 Å². The van der Waals surface area contributed by atoms with Crippen molar-refractivity contribution in [3.05, 3.63) is 23.8 Å². The fourth-order valence-corrected chi connectivity index (χ4v) is 1.27. The molecule has 1 aromatic carbocycles. The third-order valence-electron chi connectivity index (χ3n) is 1.95. The van der Waals surface area contributed by atoms with E-state index in [2.05, 4.69) is 5.32 Å². The number of phenols is 1. The summed E-state index contributed by atoms with van der Waals surface area (Å²) in [6.45, 7) is 5.60. The number of carbonyl (C=O) groups excluding carboxylic acids is 1. The molecular weight excluding hydrogens is 220 g/mol. The van der Waals surface area contributed by atoms with E-state index in [4.69, 9.17) is 10.5 Å². The van der Waals surface area contributed by atoms with Crippen molar-refractivity contribution in [1.29, 1.82) is 0 Å². The lowest BCUT2D eigenvalue weighted by Gasteiger charge is -2.20. The van der Waals surface area contributed by atoms with Gasteiger partial charge in [0.25, 0.3) is 0 Å². The summed E-state index contributed by atoms with van der Waals surface area (Å²) in [6.07, 6.45) is -0.571. The van der Waals surface area contributed by atoms with Crippen LogP contribution in [0.15, 0.2) is 18.2 Å². The molecule has 0 aliphatic rings. The Hall–Kier alpha value is -1.75. The highest BCUT2D eigenvalue weighted by molar-refractivity contribution is 5.86. The Balaban J connectivity index is 2.80. The standard InChI is InChI=1S/C12H18N2O3/c1-12(2,3)17-11(16)14-10-6-9(15)5-4-8(10)7-13/h4-6,15H,7,13H2,1-3H3,(H,14,16). The van der Waals surface area contributed by atoms with Crippen molar-refractivity contribution >= 4 is 11.8 Å². The molecule has 1 aromatic rings. The Kier molecular flexibility index (Phi) is 3.96. The number of hydrogen-bond acceptors (Lipinski definition) is 4. The van der Waals surface area contributed by atoms with E-state index in [-0.39, 0.29) is 12.3 Å². The Morgan fingerprint density at radius 3 is 2.65 bits per heavy atom. The number of aromatic hydroxyl groups is 1. The van der Waals surface area contributed by atoms with Crippen LogP contribution < -0.4 is 11.1 Å². The molecule has 1 amide bonds. The number of rotatable bonds is 2. The number of nitrogens with two attached hydrogens (primary N) is 1. The SMILES string of the molecule is CC(C)(C)OC(=O)Nc1cc(O)ccc1CN. The molecule has 1 rings (SSSR count). The number of anilines is 1. The van der Waals surface area contributed by atoms with Crippen LogP contribution in [-0.4, -0.2) is 16.8 Å². The third-order valence-corrected chi connectivity index (χ3v) is 1.95. The monoisotopic (exact) mass is 238 g/mol. The Morgan fingerprint density at radius 2 is 2.12 bits per heavy atom. The number of amides is 1. The van der Waals surface area contributed by atoms with E-state index in [0.29, 0.717) is 5.69 Å². The van der Waals surface area contributed by atoms with E-state index < -0.39 is 11.7 Å². The van der Waals surface area contributed by atoms with Crippen molar-refractivity contribution in [2.75, 3.05) is 5.32 Å². The van der Waals surface area contributed by atoms with Crippen LogP contribution in [0.5, 0.6) is 5.75 Å². The molecule has 5 heteroatoms. The van der Waals surface area contributed by atoms with E-state index in [1.165, 1.54) is 12.1 Å². The maximum atomic E-state index is 11.6. The molecule has 17 heavy (non-hydrogen) atoms. The van der Waals surface area contributed by atoms with Gasteiger partial charge in [0.15, 0.2) is 0 Å². The highest BCUT2D eigenvalue weighted by atomic mass is 16.6. The molecule has 0 radical (unpaired) electrons. The molecule has 94 valence electrons. The van der Waals surface area contributed by atoms with Crippen molar-refractivity contribution in [2.45, 2.75) is 32.9 Å². The van der Waals surface area contributed by atoms with Crippen LogP contribution in [-0.2, 0) is 11.3 Å². The Bertz CT molecular complexity index is 411. The Labute approximate surface area is 101 Å². The quantitative estimate of drug-likeness (QED) is 0.737. The van der Waals surface area contributed by atoms with Gasteiger partial charge in [0.1, 0.15) is 11.4 Å². The first kappa shape index (κ1) is 13.3. The summed E-state index contributed by atoms with van der Waals surface area (Å²) < 4.78 is 5.11.